The first-order valence-electron chi connectivity index (χ1n) is 5.13. The van der Waals surface area contributed by atoms with Gasteiger partial charge >= 0.3 is 0 Å². The van der Waals surface area contributed by atoms with Crippen molar-refractivity contribution >= 4 is 0 Å². The number of phenolic OH excluding ortho intramolecular Hbond substituents is 1. The Balaban J connectivity index is 2.33. The molecule has 1 aliphatic heterocycles. The second-order valence-corrected chi connectivity index (χ2v) is 3.52. The number of ether oxygens (including phenoxy) is 2. The summed E-state index contributed by atoms with van der Waals surface area (Å²) in [7, 11) is 0. The topological polar surface area (TPSA) is 64.7 Å². The minimum absolute atomic E-state index is 0.227. The van der Waals surface area contributed by atoms with E-state index in [4.69, 9.17) is 15.2 Å². The number of hydrogen-bond donors (Lipinski definition) is 2. The number of aromatic hydroxyl groups is 1. The molecule has 2 rings (SSSR count). The predicted molar refractivity (Wildman–Crippen MR) is 56.5 cm³/mol. The molecule has 0 saturated carbocycles. The monoisotopic (exact) mass is 209 g/mol. The first-order chi connectivity index (χ1) is 7.31. The molecule has 0 spiro atoms. The lowest BCUT2D eigenvalue weighted by Gasteiger charge is -2.10. The molecule has 1 aliphatic rings. The molecule has 1 aromatic rings. The largest absolute Gasteiger partial charge is 0.508 e. The Hall–Kier alpha value is -1.42. The minimum Gasteiger partial charge on any atom is -0.508 e. The van der Waals surface area contributed by atoms with Gasteiger partial charge in [0.05, 0.1) is 13.2 Å². The van der Waals surface area contributed by atoms with Gasteiger partial charge in [0.25, 0.3) is 0 Å². The fraction of sp³-hybridized carbons (Fsp3) is 0.455. The van der Waals surface area contributed by atoms with Crippen molar-refractivity contribution in [3.05, 3.63) is 17.7 Å². The fourth-order valence-corrected chi connectivity index (χ4v) is 1.60. The Morgan fingerprint density at radius 3 is 2.53 bits per heavy atom. The molecule has 3 N–H and O–H groups in total. The Morgan fingerprint density at radius 1 is 1.20 bits per heavy atom. The van der Waals surface area contributed by atoms with Gasteiger partial charge in [0.2, 0.25) is 0 Å². The molecule has 0 bridgehead atoms. The summed E-state index contributed by atoms with van der Waals surface area (Å²) in [5.41, 5.74) is 6.26. The molecule has 0 amide bonds. The van der Waals surface area contributed by atoms with Crippen LogP contribution in [0.5, 0.6) is 17.2 Å². The highest BCUT2D eigenvalue weighted by atomic mass is 16.5. The summed E-state index contributed by atoms with van der Waals surface area (Å²) in [6, 6.07) is 3.41. The summed E-state index contributed by atoms with van der Waals surface area (Å²) in [4.78, 5) is 0. The van der Waals surface area contributed by atoms with E-state index in [1.54, 1.807) is 6.07 Å². The molecule has 0 saturated heterocycles. The van der Waals surface area contributed by atoms with Gasteiger partial charge < -0.3 is 20.3 Å². The lowest BCUT2D eigenvalue weighted by atomic mass is 10.1. The summed E-state index contributed by atoms with van der Waals surface area (Å²) < 4.78 is 11.0. The SMILES string of the molecule is NCCc1cc2c(cc1O)OCCCO2. The second kappa shape index (κ2) is 4.40. The Labute approximate surface area is 88.6 Å². The average Bonchev–Trinajstić information content (AvgIpc) is 2.44. The number of hydrogen-bond acceptors (Lipinski definition) is 4. The molecule has 0 aliphatic carbocycles. The van der Waals surface area contributed by atoms with Gasteiger partial charge in [-0.1, -0.05) is 0 Å². The molecule has 4 heteroatoms. The lowest BCUT2D eigenvalue weighted by Crippen LogP contribution is -2.03. The molecular formula is C11H15NO3. The molecule has 1 aromatic carbocycles. The number of rotatable bonds is 2. The standard InChI is InChI=1S/C11H15NO3/c12-3-2-8-6-10-11(7-9(8)13)15-5-1-4-14-10/h6-7,13H,1-5,12H2. The molecule has 15 heavy (non-hydrogen) atoms. The van der Waals surface area contributed by atoms with Crippen LogP contribution >= 0.6 is 0 Å². The van der Waals surface area contributed by atoms with Gasteiger partial charge in [0.15, 0.2) is 11.5 Å². The fourth-order valence-electron chi connectivity index (χ4n) is 1.60. The summed E-state index contributed by atoms with van der Waals surface area (Å²) in [5, 5.41) is 9.70. The number of nitrogens with two attached hydrogens (primary N) is 1. The van der Waals surface area contributed by atoms with E-state index in [2.05, 4.69) is 0 Å². The van der Waals surface area contributed by atoms with E-state index >= 15 is 0 Å². The van der Waals surface area contributed by atoms with E-state index in [0.29, 0.717) is 37.7 Å². The number of fused-ring (bicyclic) bond motifs is 1. The highest BCUT2D eigenvalue weighted by Gasteiger charge is 2.13. The third kappa shape index (κ3) is 2.15. The summed E-state index contributed by atoms with van der Waals surface area (Å²) >= 11 is 0. The van der Waals surface area contributed by atoms with E-state index in [1.165, 1.54) is 0 Å². The van der Waals surface area contributed by atoms with E-state index in [1.807, 2.05) is 6.07 Å². The summed E-state index contributed by atoms with van der Waals surface area (Å²) in [5.74, 6) is 1.55. The highest BCUT2D eigenvalue weighted by Crippen LogP contribution is 2.35. The van der Waals surface area contributed by atoms with Crippen molar-refractivity contribution in [3.63, 3.8) is 0 Å². The molecule has 82 valence electrons. The molecule has 4 nitrogen and oxygen atoms in total. The summed E-state index contributed by atoms with van der Waals surface area (Å²) in [6.45, 7) is 1.79. The van der Waals surface area contributed by atoms with Crippen molar-refractivity contribution in [2.24, 2.45) is 5.73 Å². The minimum atomic E-state index is 0.227. The van der Waals surface area contributed by atoms with Crippen molar-refractivity contribution in [3.8, 4) is 17.2 Å². The first-order valence-corrected chi connectivity index (χ1v) is 5.13. The average molecular weight is 209 g/mol. The van der Waals surface area contributed by atoms with Crippen LogP contribution in [0.4, 0.5) is 0 Å². The third-order valence-electron chi connectivity index (χ3n) is 2.36. The first kappa shape index (κ1) is 10.1. The smallest absolute Gasteiger partial charge is 0.164 e. The van der Waals surface area contributed by atoms with Gasteiger partial charge in [-0.15, -0.1) is 0 Å². The highest BCUT2D eigenvalue weighted by molar-refractivity contribution is 5.50. The molecule has 0 atom stereocenters. The van der Waals surface area contributed by atoms with Gasteiger partial charge in [-0.25, -0.2) is 0 Å². The zero-order valence-corrected chi connectivity index (χ0v) is 8.53. The lowest BCUT2D eigenvalue weighted by molar-refractivity contribution is 0.296. The van der Waals surface area contributed by atoms with Gasteiger partial charge in [-0.2, -0.15) is 0 Å². The zero-order valence-electron chi connectivity index (χ0n) is 8.53. The van der Waals surface area contributed by atoms with E-state index in [9.17, 15) is 5.11 Å². The molecule has 0 fully saturated rings. The summed E-state index contributed by atoms with van der Waals surface area (Å²) in [6.07, 6.45) is 1.50. The van der Waals surface area contributed by atoms with Crippen molar-refractivity contribution in [1.82, 2.24) is 0 Å². The molecular weight excluding hydrogens is 194 g/mol. The van der Waals surface area contributed by atoms with Gasteiger partial charge in [-0.05, 0) is 24.6 Å². The second-order valence-electron chi connectivity index (χ2n) is 3.52. The van der Waals surface area contributed by atoms with Crippen LogP contribution in [0.1, 0.15) is 12.0 Å². The predicted octanol–water partition coefficient (Wildman–Crippen LogP) is 1.05. The molecule has 0 aromatic heterocycles. The van der Waals surface area contributed by atoms with E-state index in [-0.39, 0.29) is 5.75 Å². The van der Waals surface area contributed by atoms with Crippen LogP contribution in [-0.4, -0.2) is 24.9 Å². The van der Waals surface area contributed by atoms with Gasteiger partial charge in [-0.3, -0.25) is 0 Å². The molecule has 0 radical (unpaired) electrons. The Bertz CT molecular complexity index is 352. The van der Waals surface area contributed by atoms with Crippen LogP contribution in [0.15, 0.2) is 12.1 Å². The van der Waals surface area contributed by atoms with Gasteiger partial charge in [0.1, 0.15) is 5.75 Å². The quantitative estimate of drug-likeness (QED) is 0.764. The Morgan fingerprint density at radius 2 is 1.87 bits per heavy atom. The van der Waals surface area contributed by atoms with Crippen molar-refractivity contribution in [2.45, 2.75) is 12.8 Å². The van der Waals surface area contributed by atoms with Crippen LogP contribution in [-0.2, 0) is 6.42 Å². The molecule has 1 heterocycles. The maximum absolute atomic E-state index is 9.70. The van der Waals surface area contributed by atoms with Crippen LogP contribution < -0.4 is 15.2 Å². The Kier molecular flexibility index (Phi) is 2.97. The van der Waals surface area contributed by atoms with E-state index < -0.39 is 0 Å². The van der Waals surface area contributed by atoms with Crippen molar-refractivity contribution in [1.29, 1.82) is 0 Å². The van der Waals surface area contributed by atoms with Crippen LogP contribution in [0, 0.1) is 0 Å². The van der Waals surface area contributed by atoms with E-state index in [0.717, 1.165) is 12.0 Å². The number of phenols is 1. The number of benzene rings is 1. The van der Waals surface area contributed by atoms with Crippen LogP contribution in [0.25, 0.3) is 0 Å². The maximum Gasteiger partial charge on any atom is 0.164 e. The van der Waals surface area contributed by atoms with Crippen LogP contribution in [0.2, 0.25) is 0 Å². The van der Waals surface area contributed by atoms with Crippen LogP contribution in [0.3, 0.4) is 0 Å². The van der Waals surface area contributed by atoms with Crippen molar-refractivity contribution < 1.29 is 14.6 Å². The molecule has 0 unspecified atom stereocenters. The third-order valence-corrected chi connectivity index (χ3v) is 2.36. The maximum atomic E-state index is 9.70. The normalized spacial score (nSPS) is 14.7. The zero-order chi connectivity index (χ0) is 10.7. The van der Waals surface area contributed by atoms with Crippen molar-refractivity contribution in [2.75, 3.05) is 19.8 Å². The van der Waals surface area contributed by atoms with Gasteiger partial charge in [0, 0.05) is 12.5 Å².